The lowest BCUT2D eigenvalue weighted by Gasteiger charge is -2.27. The summed E-state index contributed by atoms with van der Waals surface area (Å²) in [6.45, 7) is 6.63. The lowest BCUT2D eigenvalue weighted by molar-refractivity contribution is 0.145. The van der Waals surface area contributed by atoms with Gasteiger partial charge in [0.05, 0.1) is 0 Å². The largest absolute Gasteiger partial charge is 0.489 e. The van der Waals surface area contributed by atoms with Crippen LogP contribution in [0.25, 0.3) is 0 Å². The zero-order valence-corrected chi connectivity index (χ0v) is 13.2. The molecule has 0 amide bonds. The molecule has 2 nitrogen and oxygen atoms in total. The van der Waals surface area contributed by atoms with Crippen LogP contribution in [0.2, 0.25) is 0 Å². The van der Waals surface area contributed by atoms with E-state index in [9.17, 15) is 0 Å². The third kappa shape index (κ3) is 3.99. The fourth-order valence-corrected chi connectivity index (χ4v) is 3.17. The Balaban J connectivity index is 2.06. The van der Waals surface area contributed by atoms with E-state index in [1.165, 1.54) is 36.8 Å². The van der Waals surface area contributed by atoms with Gasteiger partial charge in [-0.05, 0) is 55.4 Å². The molecule has 1 aliphatic carbocycles. The Morgan fingerprint density at radius 2 is 1.80 bits per heavy atom. The third-order valence-electron chi connectivity index (χ3n) is 4.40. The molecule has 1 fully saturated rings. The lowest BCUT2D eigenvalue weighted by Crippen LogP contribution is -2.39. The molecule has 0 aliphatic heterocycles. The molecule has 1 aromatic rings. The first kappa shape index (κ1) is 15.4. The molecule has 20 heavy (non-hydrogen) atoms. The van der Waals surface area contributed by atoms with Crippen LogP contribution in [0, 0.1) is 6.92 Å². The average molecular weight is 275 g/mol. The summed E-state index contributed by atoms with van der Waals surface area (Å²) in [6, 6.07) is 6.65. The minimum absolute atomic E-state index is 0.180. The lowest BCUT2D eigenvalue weighted by atomic mass is 9.94. The van der Waals surface area contributed by atoms with Crippen LogP contribution in [-0.2, 0) is 0 Å². The molecule has 2 atom stereocenters. The maximum atomic E-state index is 6.29. The van der Waals surface area contributed by atoms with Gasteiger partial charge in [0, 0.05) is 6.04 Å². The highest BCUT2D eigenvalue weighted by Crippen LogP contribution is 2.26. The Labute approximate surface area is 123 Å². The van der Waals surface area contributed by atoms with Crippen molar-refractivity contribution in [3.05, 3.63) is 29.3 Å². The van der Waals surface area contributed by atoms with E-state index in [1.54, 1.807) is 0 Å². The molecule has 1 saturated carbocycles. The van der Waals surface area contributed by atoms with Gasteiger partial charge in [-0.3, -0.25) is 0 Å². The molecule has 2 heteroatoms. The molecule has 2 rings (SSSR count). The predicted octanol–water partition coefficient (Wildman–Crippen LogP) is 4.55. The summed E-state index contributed by atoms with van der Waals surface area (Å²) in [4.78, 5) is 0. The van der Waals surface area contributed by atoms with Gasteiger partial charge in [0.25, 0.3) is 0 Å². The Kier molecular flexibility index (Phi) is 5.47. The Hall–Kier alpha value is -1.02. The second-order valence-electron chi connectivity index (χ2n) is 6.48. The SMILES string of the molecule is Cc1cc(OC2CCCCCCC2N)ccc1C(C)C. The topological polar surface area (TPSA) is 35.2 Å². The van der Waals surface area contributed by atoms with Gasteiger partial charge in [-0.15, -0.1) is 0 Å². The number of aryl methyl sites for hydroxylation is 1. The van der Waals surface area contributed by atoms with Crippen molar-refractivity contribution in [1.29, 1.82) is 0 Å². The predicted molar refractivity (Wildman–Crippen MR) is 85.4 cm³/mol. The maximum Gasteiger partial charge on any atom is 0.120 e. The van der Waals surface area contributed by atoms with E-state index in [4.69, 9.17) is 10.5 Å². The number of hydrogen-bond donors (Lipinski definition) is 1. The summed E-state index contributed by atoms with van der Waals surface area (Å²) in [5.74, 6) is 1.54. The van der Waals surface area contributed by atoms with Gasteiger partial charge in [-0.1, -0.05) is 39.2 Å². The highest BCUT2D eigenvalue weighted by Gasteiger charge is 2.21. The van der Waals surface area contributed by atoms with Gasteiger partial charge in [-0.25, -0.2) is 0 Å². The molecule has 112 valence electrons. The van der Waals surface area contributed by atoms with Crippen molar-refractivity contribution < 1.29 is 4.74 Å². The van der Waals surface area contributed by atoms with Crippen molar-refractivity contribution >= 4 is 0 Å². The molecule has 1 aromatic carbocycles. The Morgan fingerprint density at radius 3 is 2.45 bits per heavy atom. The van der Waals surface area contributed by atoms with Gasteiger partial charge < -0.3 is 10.5 Å². The standard InChI is InChI=1S/C18H29NO/c1-13(2)16-11-10-15(12-14(16)3)20-18-9-7-5-4-6-8-17(18)19/h10-13,17-18H,4-9,19H2,1-3H3. The van der Waals surface area contributed by atoms with Crippen LogP contribution in [0.4, 0.5) is 0 Å². The van der Waals surface area contributed by atoms with E-state index >= 15 is 0 Å². The molecule has 0 heterocycles. The molecule has 0 saturated heterocycles. The molecule has 0 radical (unpaired) electrons. The molecule has 0 spiro atoms. The fourth-order valence-electron chi connectivity index (χ4n) is 3.17. The van der Waals surface area contributed by atoms with Gasteiger partial charge in [0.1, 0.15) is 11.9 Å². The van der Waals surface area contributed by atoms with Gasteiger partial charge in [0.2, 0.25) is 0 Å². The summed E-state index contributed by atoms with van der Waals surface area (Å²) < 4.78 is 6.19. The molecular formula is C18H29NO. The highest BCUT2D eigenvalue weighted by atomic mass is 16.5. The van der Waals surface area contributed by atoms with Crippen LogP contribution in [0.5, 0.6) is 5.75 Å². The molecule has 2 unspecified atom stereocenters. The Bertz CT molecular complexity index is 427. The summed E-state index contributed by atoms with van der Waals surface area (Å²) in [5, 5.41) is 0. The van der Waals surface area contributed by atoms with Gasteiger partial charge >= 0.3 is 0 Å². The highest BCUT2D eigenvalue weighted by molar-refractivity contribution is 5.36. The second-order valence-corrected chi connectivity index (χ2v) is 6.48. The minimum Gasteiger partial charge on any atom is -0.489 e. The first-order valence-electron chi connectivity index (χ1n) is 8.10. The first-order valence-corrected chi connectivity index (χ1v) is 8.10. The summed E-state index contributed by atoms with van der Waals surface area (Å²) >= 11 is 0. The molecule has 0 aromatic heterocycles. The number of benzene rings is 1. The summed E-state index contributed by atoms with van der Waals surface area (Å²) in [6.07, 6.45) is 7.48. The van der Waals surface area contributed by atoms with E-state index in [0.29, 0.717) is 5.92 Å². The molecule has 1 aliphatic rings. The normalized spacial score (nSPS) is 24.2. The van der Waals surface area contributed by atoms with E-state index in [-0.39, 0.29) is 12.1 Å². The second kappa shape index (κ2) is 7.12. The van der Waals surface area contributed by atoms with E-state index in [2.05, 4.69) is 39.0 Å². The van der Waals surface area contributed by atoms with Crippen molar-refractivity contribution in [2.24, 2.45) is 5.73 Å². The molecule has 0 bridgehead atoms. The van der Waals surface area contributed by atoms with E-state index < -0.39 is 0 Å². The zero-order valence-electron chi connectivity index (χ0n) is 13.2. The summed E-state index contributed by atoms with van der Waals surface area (Å²) in [5.41, 5.74) is 9.01. The van der Waals surface area contributed by atoms with Gasteiger partial charge in [-0.2, -0.15) is 0 Å². The van der Waals surface area contributed by atoms with Crippen LogP contribution >= 0.6 is 0 Å². The molecular weight excluding hydrogens is 246 g/mol. The van der Waals surface area contributed by atoms with Crippen molar-refractivity contribution in [2.45, 2.75) is 77.4 Å². The van der Waals surface area contributed by atoms with Crippen LogP contribution < -0.4 is 10.5 Å². The smallest absolute Gasteiger partial charge is 0.120 e. The van der Waals surface area contributed by atoms with Crippen LogP contribution in [0.15, 0.2) is 18.2 Å². The van der Waals surface area contributed by atoms with E-state index in [0.717, 1.165) is 18.6 Å². The third-order valence-corrected chi connectivity index (χ3v) is 4.40. The average Bonchev–Trinajstić information content (AvgIpc) is 2.38. The van der Waals surface area contributed by atoms with Crippen molar-refractivity contribution in [3.8, 4) is 5.75 Å². The van der Waals surface area contributed by atoms with Crippen molar-refractivity contribution in [2.75, 3.05) is 0 Å². The maximum absolute atomic E-state index is 6.29. The zero-order chi connectivity index (χ0) is 14.5. The van der Waals surface area contributed by atoms with Crippen LogP contribution in [-0.4, -0.2) is 12.1 Å². The quantitative estimate of drug-likeness (QED) is 0.878. The monoisotopic (exact) mass is 275 g/mol. The van der Waals surface area contributed by atoms with Crippen LogP contribution in [0.3, 0.4) is 0 Å². The van der Waals surface area contributed by atoms with Gasteiger partial charge in [0.15, 0.2) is 0 Å². The molecule has 2 N–H and O–H groups in total. The van der Waals surface area contributed by atoms with Crippen molar-refractivity contribution in [3.63, 3.8) is 0 Å². The first-order chi connectivity index (χ1) is 9.58. The Morgan fingerprint density at radius 1 is 1.10 bits per heavy atom. The fraction of sp³-hybridized carbons (Fsp3) is 0.667. The number of ether oxygens (including phenoxy) is 1. The number of rotatable bonds is 3. The van der Waals surface area contributed by atoms with Crippen molar-refractivity contribution in [1.82, 2.24) is 0 Å². The van der Waals surface area contributed by atoms with E-state index in [1.807, 2.05) is 0 Å². The minimum atomic E-state index is 0.180. The summed E-state index contributed by atoms with van der Waals surface area (Å²) in [7, 11) is 0. The van der Waals surface area contributed by atoms with Crippen LogP contribution in [0.1, 0.15) is 69.4 Å². The number of hydrogen-bond acceptors (Lipinski definition) is 2. The number of nitrogens with two attached hydrogens (primary N) is 1.